The van der Waals surface area contributed by atoms with Gasteiger partial charge in [-0.2, -0.15) is 0 Å². The van der Waals surface area contributed by atoms with Crippen LogP contribution in [0.4, 0.5) is 4.79 Å². The molecule has 0 aliphatic heterocycles. The molecule has 8 heteroatoms. The second-order valence-electron chi connectivity index (χ2n) is 3.79. The summed E-state index contributed by atoms with van der Waals surface area (Å²) in [7, 11) is -3.94. The largest absolute Gasteiger partial charge is 0.337 e. The zero-order valence-corrected chi connectivity index (χ0v) is 12.6. The number of hydrogen-bond acceptors (Lipinski definition) is 3. The van der Waals surface area contributed by atoms with Crippen molar-refractivity contribution < 1.29 is 13.2 Å². The van der Waals surface area contributed by atoms with Gasteiger partial charge in [0.1, 0.15) is 0 Å². The summed E-state index contributed by atoms with van der Waals surface area (Å²) in [4.78, 5) is 11.3. The van der Waals surface area contributed by atoms with E-state index < -0.39 is 16.1 Å². The van der Waals surface area contributed by atoms with Gasteiger partial charge in [0.2, 0.25) is 0 Å². The molecule has 0 unspecified atom stereocenters. The van der Waals surface area contributed by atoms with Crippen LogP contribution in [0.25, 0.3) is 0 Å². The van der Waals surface area contributed by atoms with Crippen molar-refractivity contribution in [2.75, 3.05) is 6.54 Å². The van der Waals surface area contributed by atoms with Crippen LogP contribution in [-0.2, 0) is 10.0 Å². The molecule has 2 amide bonds. The van der Waals surface area contributed by atoms with Crippen LogP contribution >= 0.6 is 23.2 Å². The minimum absolute atomic E-state index is 0.107. The highest BCUT2D eigenvalue weighted by Crippen LogP contribution is 2.24. The van der Waals surface area contributed by atoms with Gasteiger partial charge < -0.3 is 5.32 Å². The average Bonchev–Trinajstić information content (AvgIpc) is 2.32. The molecule has 0 heterocycles. The molecule has 0 aromatic heterocycles. The van der Waals surface area contributed by atoms with Gasteiger partial charge in [-0.05, 0) is 24.6 Å². The molecule has 5 nitrogen and oxygen atoms in total. The van der Waals surface area contributed by atoms with Gasteiger partial charge in [0.05, 0.1) is 14.9 Å². The van der Waals surface area contributed by atoms with Gasteiger partial charge >= 0.3 is 6.03 Å². The summed E-state index contributed by atoms with van der Waals surface area (Å²) in [6.45, 7) is 2.38. The highest BCUT2D eigenvalue weighted by Gasteiger charge is 2.18. The normalized spacial score (nSPS) is 11.1. The highest BCUT2D eigenvalue weighted by atomic mass is 35.5. The lowest BCUT2D eigenvalue weighted by molar-refractivity contribution is 0.245. The molecule has 0 bridgehead atoms. The number of hydrogen-bond donors (Lipinski definition) is 2. The molecule has 19 heavy (non-hydrogen) atoms. The first-order valence-electron chi connectivity index (χ1n) is 5.62. The fraction of sp³-hybridized carbons (Fsp3) is 0.364. The summed E-state index contributed by atoms with van der Waals surface area (Å²) in [6, 6.07) is 3.05. The Bertz CT molecular complexity index is 561. The first-order valence-corrected chi connectivity index (χ1v) is 7.86. The van der Waals surface area contributed by atoms with Crippen molar-refractivity contribution in [3.63, 3.8) is 0 Å². The fourth-order valence-electron chi connectivity index (χ4n) is 1.24. The van der Waals surface area contributed by atoms with Crippen LogP contribution in [0.1, 0.15) is 19.8 Å². The smallest absolute Gasteiger partial charge is 0.328 e. The minimum Gasteiger partial charge on any atom is -0.337 e. The molecule has 0 atom stereocenters. The van der Waals surface area contributed by atoms with Crippen molar-refractivity contribution in [2.24, 2.45) is 0 Å². The predicted molar refractivity (Wildman–Crippen MR) is 75.1 cm³/mol. The Kier molecular flexibility index (Phi) is 5.90. The molecule has 1 rings (SSSR count). The highest BCUT2D eigenvalue weighted by molar-refractivity contribution is 7.90. The molecular weight excluding hydrogens is 311 g/mol. The van der Waals surface area contributed by atoms with E-state index in [4.69, 9.17) is 23.2 Å². The molecule has 0 aliphatic rings. The van der Waals surface area contributed by atoms with E-state index in [9.17, 15) is 13.2 Å². The van der Waals surface area contributed by atoms with Crippen molar-refractivity contribution >= 4 is 39.3 Å². The number of halogens is 2. The van der Waals surface area contributed by atoms with Gasteiger partial charge in [0.25, 0.3) is 10.0 Å². The fourth-order valence-corrected chi connectivity index (χ4v) is 2.56. The monoisotopic (exact) mass is 324 g/mol. The van der Waals surface area contributed by atoms with Crippen LogP contribution in [0, 0.1) is 0 Å². The van der Waals surface area contributed by atoms with Crippen molar-refractivity contribution in [3.8, 4) is 0 Å². The lowest BCUT2D eigenvalue weighted by Gasteiger charge is -2.08. The molecule has 0 saturated heterocycles. The number of rotatable bonds is 5. The third kappa shape index (κ3) is 4.89. The number of sulfonamides is 1. The van der Waals surface area contributed by atoms with Crippen molar-refractivity contribution in [1.29, 1.82) is 0 Å². The van der Waals surface area contributed by atoms with E-state index in [0.29, 0.717) is 6.54 Å². The molecule has 1 aromatic carbocycles. The number of urea groups is 1. The maximum atomic E-state index is 11.9. The van der Waals surface area contributed by atoms with Crippen molar-refractivity contribution in [3.05, 3.63) is 28.2 Å². The first kappa shape index (κ1) is 16.1. The molecular formula is C11H14Cl2N2O3S. The SMILES string of the molecule is CCCCNC(=O)NS(=O)(=O)c1ccc(Cl)c(Cl)c1. The van der Waals surface area contributed by atoms with Gasteiger partial charge in [-0.25, -0.2) is 17.9 Å². The van der Waals surface area contributed by atoms with Crippen LogP contribution in [0.3, 0.4) is 0 Å². The zero-order chi connectivity index (χ0) is 14.5. The maximum absolute atomic E-state index is 11.9. The Morgan fingerprint density at radius 2 is 1.95 bits per heavy atom. The summed E-state index contributed by atoms with van der Waals surface area (Å²) in [5.74, 6) is 0. The van der Waals surface area contributed by atoms with E-state index in [1.165, 1.54) is 18.2 Å². The number of nitrogens with one attached hydrogen (secondary N) is 2. The summed E-state index contributed by atoms with van der Waals surface area (Å²) in [6.07, 6.45) is 1.68. The van der Waals surface area contributed by atoms with E-state index in [1.54, 1.807) is 0 Å². The van der Waals surface area contributed by atoms with Crippen LogP contribution < -0.4 is 10.0 Å². The molecule has 0 saturated carbocycles. The third-order valence-corrected chi connectivity index (χ3v) is 4.31. The standard InChI is InChI=1S/C11H14Cl2N2O3S/c1-2-3-6-14-11(16)15-19(17,18)8-4-5-9(12)10(13)7-8/h4-5,7H,2-3,6H2,1H3,(H2,14,15,16). The summed E-state index contributed by atoms with van der Waals surface area (Å²) >= 11 is 11.4. The molecule has 2 N–H and O–H groups in total. The molecule has 0 fully saturated rings. The summed E-state index contributed by atoms with van der Waals surface area (Å²) in [5.41, 5.74) is 0. The Morgan fingerprint density at radius 1 is 1.26 bits per heavy atom. The van der Waals surface area contributed by atoms with E-state index in [0.717, 1.165) is 12.8 Å². The quantitative estimate of drug-likeness (QED) is 0.818. The van der Waals surface area contributed by atoms with E-state index in [-0.39, 0.29) is 14.9 Å². The number of unbranched alkanes of at least 4 members (excludes halogenated alkanes) is 1. The summed E-state index contributed by atoms with van der Waals surface area (Å²) in [5, 5.41) is 2.80. The Labute approximate surface area is 122 Å². The number of carbonyl (C=O) groups is 1. The summed E-state index contributed by atoms with van der Waals surface area (Å²) < 4.78 is 25.6. The van der Waals surface area contributed by atoms with Crippen molar-refractivity contribution in [1.82, 2.24) is 10.0 Å². The van der Waals surface area contributed by atoms with Gasteiger partial charge in [0.15, 0.2) is 0 Å². The second-order valence-corrected chi connectivity index (χ2v) is 6.29. The van der Waals surface area contributed by atoms with Crippen LogP contribution in [0.15, 0.2) is 23.1 Å². The van der Waals surface area contributed by atoms with E-state index in [1.807, 2.05) is 11.6 Å². The zero-order valence-electron chi connectivity index (χ0n) is 10.2. The Hall–Kier alpha value is -0.980. The first-order chi connectivity index (χ1) is 8.86. The van der Waals surface area contributed by atoms with Crippen LogP contribution in [-0.4, -0.2) is 21.0 Å². The minimum atomic E-state index is -3.94. The molecule has 106 valence electrons. The Morgan fingerprint density at radius 3 is 2.53 bits per heavy atom. The van der Waals surface area contributed by atoms with Gasteiger partial charge in [-0.1, -0.05) is 36.5 Å². The van der Waals surface area contributed by atoms with Gasteiger partial charge in [-0.3, -0.25) is 0 Å². The lowest BCUT2D eigenvalue weighted by atomic mass is 10.3. The molecule has 0 spiro atoms. The van der Waals surface area contributed by atoms with Gasteiger partial charge in [-0.15, -0.1) is 0 Å². The molecule has 1 aromatic rings. The number of carbonyl (C=O) groups excluding carboxylic acids is 1. The Balaban J connectivity index is 2.75. The average molecular weight is 325 g/mol. The maximum Gasteiger partial charge on any atom is 0.328 e. The molecule has 0 aliphatic carbocycles. The van der Waals surface area contributed by atoms with Crippen molar-refractivity contribution in [2.45, 2.75) is 24.7 Å². The topological polar surface area (TPSA) is 75.3 Å². The third-order valence-electron chi connectivity index (χ3n) is 2.24. The van der Waals surface area contributed by atoms with Crippen LogP contribution in [0.2, 0.25) is 10.0 Å². The second kappa shape index (κ2) is 6.98. The predicted octanol–water partition coefficient (Wildman–Crippen LogP) is 2.78. The number of benzene rings is 1. The van der Waals surface area contributed by atoms with Gasteiger partial charge in [0, 0.05) is 6.54 Å². The van der Waals surface area contributed by atoms with E-state index >= 15 is 0 Å². The van der Waals surface area contributed by atoms with E-state index in [2.05, 4.69) is 5.32 Å². The lowest BCUT2D eigenvalue weighted by Crippen LogP contribution is -2.39. The van der Waals surface area contributed by atoms with Crippen LogP contribution in [0.5, 0.6) is 0 Å². The molecule has 0 radical (unpaired) electrons. The number of amides is 2.